The lowest BCUT2D eigenvalue weighted by Crippen LogP contribution is -2.30. The van der Waals surface area contributed by atoms with Gasteiger partial charge in [-0.1, -0.05) is 6.07 Å². The second-order valence-corrected chi connectivity index (χ2v) is 10.1. The summed E-state index contributed by atoms with van der Waals surface area (Å²) in [5.74, 6) is -0.0214. The lowest BCUT2D eigenvalue weighted by molar-refractivity contribution is -0.138. The molecule has 2 aromatic carbocycles. The van der Waals surface area contributed by atoms with Gasteiger partial charge in [-0.15, -0.1) is 0 Å². The molecule has 1 saturated carbocycles. The molecule has 5 nitrogen and oxygen atoms in total. The summed E-state index contributed by atoms with van der Waals surface area (Å²) in [6.07, 6.45) is -2.30. The molecule has 0 aromatic heterocycles. The molecule has 0 unspecified atom stereocenters. The summed E-state index contributed by atoms with van der Waals surface area (Å²) in [5, 5.41) is 0. The van der Waals surface area contributed by atoms with E-state index in [9.17, 15) is 26.4 Å². The van der Waals surface area contributed by atoms with E-state index in [-0.39, 0.29) is 32.4 Å². The highest BCUT2D eigenvalue weighted by atomic mass is 79.9. The van der Waals surface area contributed by atoms with E-state index in [1.807, 2.05) is 0 Å². The van der Waals surface area contributed by atoms with Crippen LogP contribution in [0.15, 0.2) is 39.7 Å². The maximum Gasteiger partial charge on any atom is 0.416 e. The van der Waals surface area contributed by atoms with Crippen molar-refractivity contribution in [3.05, 3.63) is 51.5 Å². The fourth-order valence-electron chi connectivity index (χ4n) is 3.57. The van der Waals surface area contributed by atoms with Crippen molar-refractivity contribution in [1.82, 2.24) is 0 Å². The maximum atomic E-state index is 13.2. The topological polar surface area (TPSA) is 66.5 Å². The van der Waals surface area contributed by atoms with Gasteiger partial charge in [-0.05, 0) is 77.5 Å². The number of carbonyl (C=O) groups excluding carboxylic acids is 1. The molecule has 1 heterocycles. The summed E-state index contributed by atoms with van der Waals surface area (Å²) in [6, 6.07) is 6.34. The van der Waals surface area contributed by atoms with Gasteiger partial charge in [0.05, 0.1) is 5.56 Å². The number of carbonyl (C=O) groups is 1. The molecule has 0 radical (unpaired) electrons. The Morgan fingerprint density at radius 1 is 1.20 bits per heavy atom. The average Bonchev–Trinajstić information content (AvgIpc) is 3.41. The number of amides is 1. The third-order valence-electron chi connectivity index (χ3n) is 5.31. The van der Waals surface area contributed by atoms with E-state index >= 15 is 0 Å². The smallest absolute Gasteiger partial charge is 0.312 e. The number of anilines is 2. The minimum absolute atomic E-state index is 0.00149. The molecule has 1 aliphatic heterocycles. The van der Waals surface area contributed by atoms with Gasteiger partial charge < -0.3 is 4.90 Å². The zero-order chi connectivity index (χ0) is 21.8. The standard InChI is InChI=1S/C20H18BrF3N2O3S/c1-11-2-5-14(9-15(11)20(22,23)24)25-30(28,29)18-10-17-13(8-16(18)21)6-7-26(17)19(27)12-3-4-12/h2,5,8-10,12,25H,3-4,6-7H2,1H3. The Hall–Kier alpha value is -2.07. The highest BCUT2D eigenvalue weighted by Crippen LogP contribution is 2.40. The summed E-state index contributed by atoms with van der Waals surface area (Å²) in [7, 11) is -4.20. The molecule has 4 rings (SSSR count). The number of halogens is 4. The normalized spacial score (nSPS) is 16.5. The van der Waals surface area contributed by atoms with Crippen LogP contribution in [0.4, 0.5) is 24.5 Å². The summed E-state index contributed by atoms with van der Waals surface area (Å²) in [6.45, 7) is 1.80. The number of alkyl halides is 3. The van der Waals surface area contributed by atoms with Gasteiger partial charge >= 0.3 is 6.18 Å². The van der Waals surface area contributed by atoms with Crippen LogP contribution < -0.4 is 9.62 Å². The zero-order valence-corrected chi connectivity index (χ0v) is 18.3. The second kappa shape index (κ2) is 7.26. The van der Waals surface area contributed by atoms with Crippen molar-refractivity contribution in [2.75, 3.05) is 16.2 Å². The first-order valence-electron chi connectivity index (χ1n) is 9.32. The van der Waals surface area contributed by atoms with Gasteiger partial charge in [0, 0.05) is 28.3 Å². The molecule has 1 fully saturated rings. The van der Waals surface area contributed by atoms with Gasteiger partial charge in [0.2, 0.25) is 5.91 Å². The third kappa shape index (κ3) is 3.94. The van der Waals surface area contributed by atoms with Crippen LogP contribution in [0.5, 0.6) is 0 Å². The molecular weight excluding hydrogens is 485 g/mol. The fraction of sp³-hybridized carbons (Fsp3) is 0.350. The molecule has 0 atom stereocenters. The Bertz CT molecular complexity index is 1140. The number of sulfonamides is 1. The van der Waals surface area contributed by atoms with E-state index in [1.54, 1.807) is 11.0 Å². The highest BCUT2D eigenvalue weighted by molar-refractivity contribution is 9.10. The van der Waals surface area contributed by atoms with Crippen molar-refractivity contribution in [3.63, 3.8) is 0 Å². The quantitative estimate of drug-likeness (QED) is 0.647. The first kappa shape index (κ1) is 21.2. The number of nitrogens with zero attached hydrogens (tertiary/aromatic N) is 1. The van der Waals surface area contributed by atoms with E-state index in [2.05, 4.69) is 20.7 Å². The number of aryl methyl sites for hydroxylation is 1. The molecular formula is C20H18BrF3N2O3S. The first-order chi connectivity index (χ1) is 14.0. The fourth-order valence-corrected chi connectivity index (χ4v) is 5.73. The molecule has 0 saturated heterocycles. The van der Waals surface area contributed by atoms with Crippen molar-refractivity contribution in [1.29, 1.82) is 0 Å². The van der Waals surface area contributed by atoms with Crippen LogP contribution in [0.25, 0.3) is 0 Å². The van der Waals surface area contributed by atoms with Gasteiger partial charge in [0.1, 0.15) is 4.90 Å². The van der Waals surface area contributed by atoms with Gasteiger partial charge in [-0.25, -0.2) is 8.42 Å². The molecule has 2 aliphatic rings. The summed E-state index contributed by atoms with van der Waals surface area (Å²) in [4.78, 5) is 14.0. The molecule has 10 heteroatoms. The minimum atomic E-state index is -4.59. The highest BCUT2D eigenvalue weighted by Gasteiger charge is 2.37. The van der Waals surface area contributed by atoms with Crippen molar-refractivity contribution in [2.45, 2.75) is 37.3 Å². The van der Waals surface area contributed by atoms with Crippen LogP contribution in [0.3, 0.4) is 0 Å². The predicted octanol–water partition coefficient (Wildman–Crippen LogP) is 4.88. The van der Waals surface area contributed by atoms with E-state index < -0.39 is 21.8 Å². The first-order valence-corrected chi connectivity index (χ1v) is 11.6. The molecule has 1 N–H and O–H groups in total. The Balaban J connectivity index is 1.69. The summed E-state index contributed by atoms with van der Waals surface area (Å²) >= 11 is 3.25. The summed E-state index contributed by atoms with van der Waals surface area (Å²) in [5.41, 5.74) is 0.293. The van der Waals surface area contributed by atoms with Crippen molar-refractivity contribution in [3.8, 4) is 0 Å². The van der Waals surface area contributed by atoms with Gasteiger partial charge in [0.25, 0.3) is 10.0 Å². The number of benzene rings is 2. The van der Waals surface area contributed by atoms with Crippen molar-refractivity contribution < 1.29 is 26.4 Å². The second-order valence-electron chi connectivity index (χ2n) is 7.56. The van der Waals surface area contributed by atoms with Crippen molar-refractivity contribution in [2.24, 2.45) is 5.92 Å². The van der Waals surface area contributed by atoms with Crippen LogP contribution in [0.1, 0.15) is 29.5 Å². The average molecular weight is 503 g/mol. The monoisotopic (exact) mass is 502 g/mol. The summed E-state index contributed by atoms with van der Waals surface area (Å²) < 4.78 is 67.9. The number of nitrogens with one attached hydrogen (secondary N) is 1. The molecule has 1 aliphatic carbocycles. The van der Waals surface area contributed by atoms with E-state index in [0.29, 0.717) is 18.7 Å². The molecule has 160 valence electrons. The zero-order valence-electron chi connectivity index (χ0n) is 15.9. The number of hydrogen-bond donors (Lipinski definition) is 1. The Kier molecular flexibility index (Phi) is 5.13. The Morgan fingerprint density at radius 2 is 1.90 bits per heavy atom. The van der Waals surface area contributed by atoms with Crippen LogP contribution in [0, 0.1) is 12.8 Å². The van der Waals surface area contributed by atoms with E-state index in [0.717, 1.165) is 24.5 Å². The number of fused-ring (bicyclic) bond motifs is 1. The van der Waals surface area contributed by atoms with Crippen LogP contribution in [-0.2, 0) is 27.4 Å². The van der Waals surface area contributed by atoms with E-state index in [1.165, 1.54) is 25.1 Å². The Labute approximate surface area is 180 Å². The van der Waals surface area contributed by atoms with E-state index in [4.69, 9.17) is 0 Å². The SMILES string of the molecule is Cc1ccc(NS(=O)(=O)c2cc3c(cc2Br)CCN3C(=O)C2CC2)cc1C(F)(F)F. The maximum absolute atomic E-state index is 13.2. The Morgan fingerprint density at radius 3 is 2.53 bits per heavy atom. The predicted molar refractivity (Wildman–Crippen MR) is 110 cm³/mol. The number of rotatable bonds is 4. The van der Waals surface area contributed by atoms with Gasteiger partial charge in [-0.3, -0.25) is 9.52 Å². The molecule has 30 heavy (non-hydrogen) atoms. The van der Waals surface area contributed by atoms with Crippen LogP contribution >= 0.6 is 15.9 Å². The largest absolute Gasteiger partial charge is 0.416 e. The third-order valence-corrected chi connectivity index (χ3v) is 7.65. The van der Waals surface area contributed by atoms with Crippen molar-refractivity contribution >= 4 is 43.2 Å². The molecule has 2 aromatic rings. The lowest BCUT2D eigenvalue weighted by Gasteiger charge is -2.19. The van der Waals surface area contributed by atoms with Crippen LogP contribution in [-0.4, -0.2) is 20.9 Å². The van der Waals surface area contributed by atoms with Gasteiger partial charge in [0.15, 0.2) is 0 Å². The van der Waals surface area contributed by atoms with Gasteiger partial charge in [-0.2, -0.15) is 13.2 Å². The van der Waals surface area contributed by atoms with Crippen LogP contribution in [0.2, 0.25) is 0 Å². The molecule has 1 amide bonds. The lowest BCUT2D eigenvalue weighted by atomic mass is 10.1. The molecule has 0 spiro atoms. The number of hydrogen-bond acceptors (Lipinski definition) is 3. The minimum Gasteiger partial charge on any atom is -0.312 e. The molecule has 0 bridgehead atoms.